The van der Waals surface area contributed by atoms with Crippen LogP contribution in [-0.2, 0) is 0 Å². The highest BCUT2D eigenvalue weighted by Gasteiger charge is 2.19. The summed E-state index contributed by atoms with van der Waals surface area (Å²) in [6.07, 6.45) is 0. The first-order chi connectivity index (χ1) is 10.1. The minimum Gasteiger partial charge on any atom is -0.493 e. The van der Waals surface area contributed by atoms with E-state index in [4.69, 9.17) is 20.0 Å². The van der Waals surface area contributed by atoms with Gasteiger partial charge in [0.1, 0.15) is 13.1 Å². The lowest BCUT2D eigenvalue weighted by molar-refractivity contribution is 0.0794. The van der Waals surface area contributed by atoms with Crippen molar-refractivity contribution in [3.05, 3.63) is 22.2 Å². The molecule has 0 radical (unpaired) electrons. The number of hydrogen-bond acceptors (Lipinski definition) is 5. The van der Waals surface area contributed by atoms with Crippen LogP contribution >= 0.6 is 15.9 Å². The first-order valence-electron chi connectivity index (χ1n) is 6.12. The number of nitriles is 2. The summed E-state index contributed by atoms with van der Waals surface area (Å²) in [5, 5.41) is 17.4. The maximum Gasteiger partial charge on any atom is 0.255 e. The van der Waals surface area contributed by atoms with Gasteiger partial charge in [-0.25, -0.2) is 0 Å². The number of hydrogen-bond donors (Lipinski definition) is 0. The molecule has 1 rings (SSSR count). The minimum atomic E-state index is -0.417. The quantitative estimate of drug-likeness (QED) is 0.734. The zero-order valence-electron chi connectivity index (χ0n) is 11.7. The van der Waals surface area contributed by atoms with Crippen molar-refractivity contribution in [2.45, 2.75) is 6.92 Å². The normalized spacial score (nSPS) is 9.38. The number of carbonyl (C=O) groups is 1. The van der Waals surface area contributed by atoms with E-state index in [1.807, 2.05) is 19.1 Å². The largest absolute Gasteiger partial charge is 0.493 e. The maximum absolute atomic E-state index is 12.3. The van der Waals surface area contributed by atoms with Crippen LogP contribution in [0.4, 0.5) is 0 Å². The summed E-state index contributed by atoms with van der Waals surface area (Å²) >= 11 is 3.33. The van der Waals surface area contributed by atoms with Gasteiger partial charge >= 0.3 is 0 Å². The zero-order chi connectivity index (χ0) is 15.8. The molecule has 0 bridgehead atoms. The molecule has 0 aliphatic heterocycles. The highest BCUT2D eigenvalue weighted by molar-refractivity contribution is 9.10. The van der Waals surface area contributed by atoms with Gasteiger partial charge in [0.05, 0.1) is 30.3 Å². The number of carbonyl (C=O) groups excluding carboxylic acids is 1. The van der Waals surface area contributed by atoms with Crippen LogP contribution in [-0.4, -0.2) is 37.6 Å². The Morgan fingerprint density at radius 1 is 1.33 bits per heavy atom. The number of methoxy groups -OCH3 is 1. The molecular formula is C14H14BrN3O3. The average molecular weight is 352 g/mol. The van der Waals surface area contributed by atoms with Crippen LogP contribution in [0.2, 0.25) is 0 Å². The Bertz CT molecular complexity index is 589. The van der Waals surface area contributed by atoms with Crippen LogP contribution in [0.1, 0.15) is 17.3 Å². The lowest BCUT2D eigenvalue weighted by atomic mass is 10.1. The van der Waals surface area contributed by atoms with Gasteiger partial charge in [0.2, 0.25) is 0 Å². The third kappa shape index (κ3) is 4.11. The molecule has 21 heavy (non-hydrogen) atoms. The third-order valence-electron chi connectivity index (χ3n) is 2.58. The van der Waals surface area contributed by atoms with Gasteiger partial charge in [0.15, 0.2) is 11.5 Å². The molecule has 0 fully saturated rings. The van der Waals surface area contributed by atoms with Crippen LogP contribution in [0, 0.1) is 22.7 Å². The Labute approximate surface area is 131 Å². The molecule has 0 atom stereocenters. The van der Waals surface area contributed by atoms with Gasteiger partial charge in [-0.2, -0.15) is 10.5 Å². The molecule has 0 saturated carbocycles. The molecule has 0 N–H and O–H groups in total. The number of rotatable bonds is 6. The van der Waals surface area contributed by atoms with Gasteiger partial charge in [-0.15, -0.1) is 0 Å². The number of ether oxygens (including phenoxy) is 2. The van der Waals surface area contributed by atoms with Crippen molar-refractivity contribution in [2.24, 2.45) is 0 Å². The molecule has 0 unspecified atom stereocenters. The molecule has 110 valence electrons. The first-order valence-corrected chi connectivity index (χ1v) is 6.91. The first kappa shape index (κ1) is 16.8. The SMILES string of the molecule is CCOc1c(Br)cc(C(=O)N(CC#N)CC#N)cc1OC. The lowest BCUT2D eigenvalue weighted by Gasteiger charge is -2.18. The molecule has 0 saturated heterocycles. The molecule has 6 nitrogen and oxygen atoms in total. The van der Waals surface area contributed by atoms with E-state index < -0.39 is 5.91 Å². The predicted octanol–water partition coefficient (Wildman–Crippen LogP) is 2.35. The van der Waals surface area contributed by atoms with E-state index in [9.17, 15) is 4.79 Å². The molecule has 1 aromatic rings. The Kier molecular flexibility index (Phi) is 6.51. The molecule has 0 aliphatic rings. The molecule has 0 spiro atoms. The van der Waals surface area contributed by atoms with E-state index in [2.05, 4.69) is 15.9 Å². The van der Waals surface area contributed by atoms with Gasteiger partial charge < -0.3 is 14.4 Å². The van der Waals surface area contributed by atoms with Crippen molar-refractivity contribution in [2.75, 3.05) is 26.8 Å². The summed E-state index contributed by atoms with van der Waals surface area (Å²) < 4.78 is 11.2. The molecule has 7 heteroatoms. The van der Waals surface area contributed by atoms with Crippen LogP contribution < -0.4 is 9.47 Å². The molecule has 1 aromatic carbocycles. The van der Waals surface area contributed by atoms with Gasteiger partial charge in [0.25, 0.3) is 5.91 Å². The summed E-state index contributed by atoms with van der Waals surface area (Å²) in [5.41, 5.74) is 0.313. The second kappa shape index (κ2) is 8.13. The van der Waals surface area contributed by atoms with E-state index in [0.717, 1.165) is 4.90 Å². The highest BCUT2D eigenvalue weighted by atomic mass is 79.9. The van der Waals surface area contributed by atoms with Crippen LogP contribution in [0.3, 0.4) is 0 Å². The molecule has 1 amide bonds. The maximum atomic E-state index is 12.3. The fourth-order valence-electron chi connectivity index (χ4n) is 1.68. The standard InChI is InChI=1S/C14H14BrN3O3/c1-3-21-13-11(15)8-10(9-12(13)20-2)14(19)18(6-4-16)7-5-17/h8-9H,3,6-7H2,1-2H3. The average Bonchev–Trinajstić information content (AvgIpc) is 2.48. The Morgan fingerprint density at radius 3 is 2.43 bits per heavy atom. The van der Waals surface area contributed by atoms with Crippen molar-refractivity contribution >= 4 is 21.8 Å². The van der Waals surface area contributed by atoms with Crippen LogP contribution in [0.5, 0.6) is 11.5 Å². The van der Waals surface area contributed by atoms with E-state index in [0.29, 0.717) is 28.1 Å². The lowest BCUT2D eigenvalue weighted by Crippen LogP contribution is -2.31. The number of nitrogens with zero attached hydrogens (tertiary/aromatic N) is 3. The van der Waals surface area contributed by atoms with Crippen molar-refractivity contribution in [1.29, 1.82) is 10.5 Å². The Balaban J connectivity index is 3.19. The van der Waals surface area contributed by atoms with Crippen LogP contribution in [0.15, 0.2) is 16.6 Å². The van der Waals surface area contributed by atoms with Gasteiger partial charge in [-0.05, 0) is 35.0 Å². The van der Waals surface area contributed by atoms with E-state index in [1.54, 1.807) is 6.07 Å². The second-order valence-electron chi connectivity index (χ2n) is 3.90. The van der Waals surface area contributed by atoms with Crippen LogP contribution in [0.25, 0.3) is 0 Å². The van der Waals surface area contributed by atoms with E-state index in [-0.39, 0.29) is 13.1 Å². The summed E-state index contributed by atoms with van der Waals surface area (Å²) in [4.78, 5) is 13.5. The monoisotopic (exact) mass is 351 g/mol. The Morgan fingerprint density at radius 2 is 1.95 bits per heavy atom. The van der Waals surface area contributed by atoms with Crippen molar-refractivity contribution in [1.82, 2.24) is 4.90 Å². The number of benzene rings is 1. The fourth-order valence-corrected chi connectivity index (χ4v) is 2.24. The summed E-state index contributed by atoms with van der Waals surface area (Å²) in [6.45, 7) is 1.99. The predicted molar refractivity (Wildman–Crippen MR) is 79.0 cm³/mol. The highest BCUT2D eigenvalue weighted by Crippen LogP contribution is 2.36. The Hall–Kier alpha value is -2.25. The molecule has 0 heterocycles. The zero-order valence-corrected chi connectivity index (χ0v) is 13.3. The van der Waals surface area contributed by atoms with Crippen molar-refractivity contribution < 1.29 is 14.3 Å². The molecule has 0 aliphatic carbocycles. The van der Waals surface area contributed by atoms with Gasteiger partial charge in [-0.1, -0.05) is 0 Å². The fraction of sp³-hybridized carbons (Fsp3) is 0.357. The van der Waals surface area contributed by atoms with Gasteiger partial charge in [0, 0.05) is 5.56 Å². The summed E-state index contributed by atoms with van der Waals surface area (Å²) in [5.74, 6) is 0.493. The number of amides is 1. The smallest absolute Gasteiger partial charge is 0.255 e. The topological polar surface area (TPSA) is 86.4 Å². The molecule has 0 aromatic heterocycles. The second-order valence-corrected chi connectivity index (χ2v) is 4.75. The van der Waals surface area contributed by atoms with E-state index in [1.165, 1.54) is 13.2 Å². The van der Waals surface area contributed by atoms with E-state index >= 15 is 0 Å². The summed E-state index contributed by atoms with van der Waals surface area (Å²) in [7, 11) is 1.47. The summed E-state index contributed by atoms with van der Waals surface area (Å²) in [6, 6.07) is 6.84. The number of halogens is 1. The van der Waals surface area contributed by atoms with Gasteiger partial charge in [-0.3, -0.25) is 4.79 Å². The molecular weight excluding hydrogens is 338 g/mol. The van der Waals surface area contributed by atoms with Crippen molar-refractivity contribution in [3.8, 4) is 23.6 Å². The minimum absolute atomic E-state index is 0.153. The third-order valence-corrected chi connectivity index (χ3v) is 3.16. The van der Waals surface area contributed by atoms with Crippen molar-refractivity contribution in [3.63, 3.8) is 0 Å².